The molecule has 1 aromatic rings. The van der Waals surface area contributed by atoms with E-state index in [1.54, 1.807) is 13.3 Å². The summed E-state index contributed by atoms with van der Waals surface area (Å²) in [5.74, 6) is 1.77. The second kappa shape index (κ2) is 7.83. The van der Waals surface area contributed by atoms with Gasteiger partial charge in [-0.2, -0.15) is 0 Å². The van der Waals surface area contributed by atoms with Crippen molar-refractivity contribution >= 4 is 15.8 Å². The summed E-state index contributed by atoms with van der Waals surface area (Å²) in [6, 6.07) is 3.78. The number of sulfone groups is 1. The van der Waals surface area contributed by atoms with Crippen LogP contribution in [0.2, 0.25) is 0 Å². The summed E-state index contributed by atoms with van der Waals surface area (Å²) in [6.07, 6.45) is 4.23. The molecule has 0 unspecified atom stereocenters. The molecule has 6 nitrogen and oxygen atoms in total. The summed E-state index contributed by atoms with van der Waals surface area (Å²) in [5.41, 5.74) is 0. The molecular weight excluding hydrogens is 266 g/mol. The average molecular weight is 287 g/mol. The minimum atomic E-state index is -2.89. The first-order valence-corrected chi connectivity index (χ1v) is 8.22. The molecule has 0 aliphatic rings. The van der Waals surface area contributed by atoms with Crippen molar-refractivity contribution in [2.75, 3.05) is 32.1 Å². The van der Waals surface area contributed by atoms with Crippen LogP contribution in [0.5, 0.6) is 0 Å². The zero-order valence-electron chi connectivity index (χ0n) is 11.3. The van der Waals surface area contributed by atoms with Crippen LogP contribution in [-0.4, -0.2) is 46.5 Å². The third kappa shape index (κ3) is 7.50. The number of guanidine groups is 1. The molecule has 0 atom stereocenters. The summed E-state index contributed by atoms with van der Waals surface area (Å²) in [7, 11) is -1.21. The Balaban J connectivity index is 2.16. The third-order valence-electron chi connectivity index (χ3n) is 2.45. The highest BCUT2D eigenvalue weighted by atomic mass is 32.2. The highest BCUT2D eigenvalue weighted by molar-refractivity contribution is 7.90. The van der Waals surface area contributed by atoms with E-state index >= 15 is 0 Å². The third-order valence-corrected chi connectivity index (χ3v) is 3.48. The quantitative estimate of drug-likeness (QED) is 0.431. The van der Waals surface area contributed by atoms with E-state index in [0.717, 1.165) is 12.2 Å². The molecule has 0 spiro atoms. The van der Waals surface area contributed by atoms with E-state index in [1.807, 2.05) is 12.1 Å². The summed E-state index contributed by atoms with van der Waals surface area (Å²) in [4.78, 5) is 4.06. The molecule has 0 aliphatic heterocycles. The lowest BCUT2D eigenvalue weighted by molar-refractivity contribution is 0.506. The molecule has 0 saturated carbocycles. The Bertz CT molecular complexity index is 480. The van der Waals surface area contributed by atoms with Gasteiger partial charge in [0.2, 0.25) is 0 Å². The van der Waals surface area contributed by atoms with Crippen LogP contribution in [0.4, 0.5) is 0 Å². The summed E-state index contributed by atoms with van der Waals surface area (Å²) >= 11 is 0. The molecule has 0 aliphatic carbocycles. The van der Waals surface area contributed by atoms with Crippen LogP contribution in [0.1, 0.15) is 12.2 Å². The molecule has 1 heterocycles. The van der Waals surface area contributed by atoms with Crippen molar-refractivity contribution in [2.45, 2.75) is 12.8 Å². The van der Waals surface area contributed by atoms with Gasteiger partial charge in [-0.15, -0.1) is 0 Å². The average Bonchev–Trinajstić information content (AvgIpc) is 2.84. The van der Waals surface area contributed by atoms with Crippen LogP contribution in [0, 0.1) is 0 Å². The lowest BCUT2D eigenvalue weighted by Crippen LogP contribution is -2.39. The lowest BCUT2D eigenvalue weighted by Gasteiger charge is -2.10. The van der Waals surface area contributed by atoms with Gasteiger partial charge in [-0.3, -0.25) is 4.99 Å². The summed E-state index contributed by atoms with van der Waals surface area (Å²) < 4.78 is 27.1. The molecule has 108 valence electrons. The smallest absolute Gasteiger partial charge is 0.190 e. The van der Waals surface area contributed by atoms with Crippen molar-refractivity contribution in [3.8, 4) is 0 Å². The molecule has 0 fully saturated rings. The molecule has 1 rings (SSSR count). The Kier molecular flexibility index (Phi) is 6.41. The van der Waals surface area contributed by atoms with Crippen molar-refractivity contribution in [3.05, 3.63) is 24.2 Å². The molecule has 1 aromatic heterocycles. The zero-order chi connectivity index (χ0) is 14.1. The first-order chi connectivity index (χ1) is 9.01. The second-order valence-corrected chi connectivity index (χ2v) is 6.50. The fourth-order valence-electron chi connectivity index (χ4n) is 1.52. The first kappa shape index (κ1) is 15.6. The maximum absolute atomic E-state index is 11.0. The summed E-state index contributed by atoms with van der Waals surface area (Å²) in [5, 5.41) is 6.20. The molecule has 0 saturated heterocycles. The van der Waals surface area contributed by atoms with Crippen molar-refractivity contribution in [2.24, 2.45) is 4.99 Å². The largest absolute Gasteiger partial charge is 0.469 e. The van der Waals surface area contributed by atoms with Crippen LogP contribution >= 0.6 is 0 Å². The number of nitrogens with one attached hydrogen (secondary N) is 2. The van der Waals surface area contributed by atoms with Gasteiger partial charge in [0.1, 0.15) is 15.6 Å². The van der Waals surface area contributed by atoms with Crippen molar-refractivity contribution in [3.63, 3.8) is 0 Å². The topological polar surface area (TPSA) is 83.7 Å². The Morgan fingerprint density at radius 2 is 2.11 bits per heavy atom. The predicted molar refractivity (Wildman–Crippen MR) is 76.1 cm³/mol. The first-order valence-electron chi connectivity index (χ1n) is 6.16. The highest BCUT2D eigenvalue weighted by Gasteiger charge is 2.02. The van der Waals surface area contributed by atoms with Gasteiger partial charge in [0.05, 0.1) is 12.0 Å². The van der Waals surface area contributed by atoms with Crippen molar-refractivity contribution in [1.82, 2.24) is 10.6 Å². The Morgan fingerprint density at radius 3 is 2.68 bits per heavy atom. The Labute approximate surface area is 114 Å². The zero-order valence-corrected chi connectivity index (χ0v) is 12.2. The van der Waals surface area contributed by atoms with Crippen LogP contribution in [0.25, 0.3) is 0 Å². The van der Waals surface area contributed by atoms with Gasteiger partial charge in [0, 0.05) is 32.8 Å². The van der Waals surface area contributed by atoms with E-state index in [2.05, 4.69) is 15.6 Å². The van der Waals surface area contributed by atoms with Gasteiger partial charge < -0.3 is 15.1 Å². The number of rotatable bonds is 7. The van der Waals surface area contributed by atoms with Gasteiger partial charge in [-0.05, 0) is 18.6 Å². The van der Waals surface area contributed by atoms with Gasteiger partial charge in [0.15, 0.2) is 5.96 Å². The van der Waals surface area contributed by atoms with Crippen LogP contribution in [-0.2, 0) is 16.3 Å². The van der Waals surface area contributed by atoms with Crippen LogP contribution < -0.4 is 10.6 Å². The van der Waals surface area contributed by atoms with E-state index in [-0.39, 0.29) is 5.75 Å². The normalized spacial score (nSPS) is 12.4. The Morgan fingerprint density at radius 1 is 1.37 bits per heavy atom. The molecule has 19 heavy (non-hydrogen) atoms. The highest BCUT2D eigenvalue weighted by Crippen LogP contribution is 1.99. The van der Waals surface area contributed by atoms with Gasteiger partial charge in [-0.25, -0.2) is 8.42 Å². The fraction of sp³-hybridized carbons (Fsp3) is 0.583. The standard InChI is InChI=1S/C12H21N3O3S/c1-13-12(14-7-4-10-19(2,16)17)15-8-6-11-5-3-9-18-11/h3,5,9H,4,6-8,10H2,1-2H3,(H2,13,14,15). The van der Waals surface area contributed by atoms with E-state index in [1.165, 1.54) is 6.26 Å². The maximum Gasteiger partial charge on any atom is 0.190 e. The van der Waals surface area contributed by atoms with E-state index in [4.69, 9.17) is 4.42 Å². The van der Waals surface area contributed by atoms with Gasteiger partial charge in [-0.1, -0.05) is 0 Å². The maximum atomic E-state index is 11.0. The van der Waals surface area contributed by atoms with Crippen LogP contribution in [0.3, 0.4) is 0 Å². The minimum absolute atomic E-state index is 0.184. The van der Waals surface area contributed by atoms with E-state index in [0.29, 0.717) is 25.5 Å². The Hall–Kier alpha value is -1.50. The summed E-state index contributed by atoms with van der Waals surface area (Å²) in [6.45, 7) is 1.28. The van der Waals surface area contributed by atoms with Gasteiger partial charge in [0.25, 0.3) is 0 Å². The SMILES string of the molecule is CN=C(NCCCS(C)(=O)=O)NCCc1ccco1. The molecule has 0 aromatic carbocycles. The van der Waals surface area contributed by atoms with Crippen molar-refractivity contribution in [1.29, 1.82) is 0 Å². The number of hydrogen-bond acceptors (Lipinski definition) is 4. The molecular formula is C12H21N3O3S. The number of furan rings is 1. The number of aliphatic imine (C=N–C) groups is 1. The number of hydrogen-bond donors (Lipinski definition) is 2. The second-order valence-electron chi connectivity index (χ2n) is 4.24. The molecule has 7 heteroatoms. The molecule has 0 bridgehead atoms. The van der Waals surface area contributed by atoms with E-state index in [9.17, 15) is 8.42 Å². The molecule has 2 N–H and O–H groups in total. The monoisotopic (exact) mass is 287 g/mol. The van der Waals surface area contributed by atoms with Crippen molar-refractivity contribution < 1.29 is 12.8 Å². The van der Waals surface area contributed by atoms with Gasteiger partial charge >= 0.3 is 0 Å². The molecule has 0 amide bonds. The van der Waals surface area contributed by atoms with E-state index < -0.39 is 9.84 Å². The predicted octanol–water partition coefficient (Wildman–Crippen LogP) is 0.422. The fourth-order valence-corrected chi connectivity index (χ4v) is 2.19. The number of nitrogens with zero attached hydrogens (tertiary/aromatic N) is 1. The molecule has 0 radical (unpaired) electrons. The van der Waals surface area contributed by atoms with Crippen LogP contribution in [0.15, 0.2) is 27.8 Å². The minimum Gasteiger partial charge on any atom is -0.469 e. The lowest BCUT2D eigenvalue weighted by atomic mass is 10.3.